The Morgan fingerprint density at radius 2 is 2.07 bits per heavy atom. The van der Waals surface area contributed by atoms with Crippen molar-refractivity contribution in [3.63, 3.8) is 0 Å². The lowest BCUT2D eigenvalue weighted by Crippen LogP contribution is -1.77. The minimum Gasteiger partial charge on any atom is -0.192 e. The largest absolute Gasteiger partial charge is 0.192 e. The normalized spacial score (nSPS) is 8.50. The second-order valence-corrected chi connectivity index (χ2v) is 3.44. The minimum atomic E-state index is 0.128. The molecule has 0 fully saturated rings. The Hall–Kier alpha value is -1.71. The van der Waals surface area contributed by atoms with Crippen LogP contribution in [-0.2, 0) is 0 Å². The number of rotatable bonds is 2. The fourth-order valence-electron chi connectivity index (χ4n) is 0.988. The van der Waals surface area contributed by atoms with Crippen molar-refractivity contribution in [1.29, 1.82) is 10.5 Å². The molecule has 0 spiro atoms. The van der Waals surface area contributed by atoms with Gasteiger partial charge >= 0.3 is 0 Å². The number of thioether (sulfide) groups is 1. The van der Waals surface area contributed by atoms with Crippen LogP contribution >= 0.6 is 11.8 Å². The summed E-state index contributed by atoms with van der Waals surface area (Å²) in [5.41, 5.74) is 1.01. The molecule has 0 saturated heterocycles. The zero-order valence-corrected chi connectivity index (χ0v) is 8.51. The lowest BCUT2D eigenvalue weighted by Gasteiger charge is -1.97. The van der Waals surface area contributed by atoms with Crippen molar-refractivity contribution >= 4 is 17.8 Å². The standard InChI is InChI=1S/C11H8N2S/c1-14-11-4-2-3-9(6-11)5-10(7-12)8-13/h2-6H,1H3. The van der Waals surface area contributed by atoms with E-state index in [4.69, 9.17) is 10.5 Å². The van der Waals surface area contributed by atoms with Gasteiger partial charge in [-0.25, -0.2) is 0 Å². The lowest BCUT2D eigenvalue weighted by atomic mass is 10.1. The molecule has 0 radical (unpaired) electrons. The van der Waals surface area contributed by atoms with Gasteiger partial charge in [0.25, 0.3) is 0 Å². The van der Waals surface area contributed by atoms with Crippen molar-refractivity contribution < 1.29 is 0 Å². The maximum absolute atomic E-state index is 8.57. The van der Waals surface area contributed by atoms with E-state index in [2.05, 4.69) is 0 Å². The van der Waals surface area contributed by atoms with Gasteiger partial charge in [0.15, 0.2) is 0 Å². The van der Waals surface area contributed by atoms with E-state index < -0.39 is 0 Å². The van der Waals surface area contributed by atoms with Crippen LogP contribution in [0, 0.1) is 22.7 Å². The summed E-state index contributed by atoms with van der Waals surface area (Å²) in [5.74, 6) is 0. The average molecular weight is 200 g/mol. The molecule has 0 saturated carbocycles. The molecule has 2 nitrogen and oxygen atoms in total. The molecule has 0 aromatic heterocycles. The van der Waals surface area contributed by atoms with E-state index in [0.717, 1.165) is 10.5 Å². The highest BCUT2D eigenvalue weighted by molar-refractivity contribution is 7.98. The first kappa shape index (κ1) is 10.4. The Morgan fingerprint density at radius 1 is 1.36 bits per heavy atom. The van der Waals surface area contributed by atoms with Gasteiger partial charge in [-0.05, 0) is 30.0 Å². The minimum absolute atomic E-state index is 0.128. The number of hydrogen-bond acceptors (Lipinski definition) is 3. The van der Waals surface area contributed by atoms with E-state index in [9.17, 15) is 0 Å². The van der Waals surface area contributed by atoms with E-state index in [1.54, 1.807) is 17.8 Å². The molecule has 0 aliphatic rings. The van der Waals surface area contributed by atoms with Crippen LogP contribution in [-0.4, -0.2) is 6.26 Å². The average Bonchev–Trinajstić information content (AvgIpc) is 2.26. The Morgan fingerprint density at radius 3 is 2.64 bits per heavy atom. The molecule has 14 heavy (non-hydrogen) atoms. The lowest BCUT2D eigenvalue weighted by molar-refractivity contribution is 1.43. The summed E-state index contributed by atoms with van der Waals surface area (Å²) in [6.07, 6.45) is 3.57. The second-order valence-electron chi connectivity index (χ2n) is 2.56. The third-order valence-electron chi connectivity index (χ3n) is 1.65. The van der Waals surface area contributed by atoms with Crippen LogP contribution in [0.1, 0.15) is 5.56 Å². The Labute approximate surface area is 87.5 Å². The van der Waals surface area contributed by atoms with E-state index in [1.165, 1.54) is 0 Å². The van der Waals surface area contributed by atoms with Gasteiger partial charge in [0.05, 0.1) is 0 Å². The van der Waals surface area contributed by atoms with Crippen LogP contribution in [0.4, 0.5) is 0 Å². The molecule has 0 aliphatic carbocycles. The van der Waals surface area contributed by atoms with Crippen molar-refractivity contribution in [3.8, 4) is 12.1 Å². The van der Waals surface area contributed by atoms with Gasteiger partial charge in [-0.3, -0.25) is 0 Å². The van der Waals surface area contributed by atoms with Crippen molar-refractivity contribution in [2.75, 3.05) is 6.26 Å². The summed E-state index contributed by atoms with van der Waals surface area (Å²) in [6, 6.07) is 11.4. The van der Waals surface area contributed by atoms with E-state index in [1.807, 2.05) is 42.7 Å². The maximum Gasteiger partial charge on any atom is 0.130 e. The Bertz CT molecular complexity index is 419. The number of nitriles is 2. The van der Waals surface area contributed by atoms with Gasteiger partial charge in [-0.1, -0.05) is 12.1 Å². The molecule has 1 rings (SSSR count). The van der Waals surface area contributed by atoms with Crippen LogP contribution in [0.3, 0.4) is 0 Å². The fourth-order valence-corrected chi connectivity index (χ4v) is 1.46. The summed E-state index contributed by atoms with van der Waals surface area (Å²) in [4.78, 5) is 1.12. The van der Waals surface area contributed by atoms with Gasteiger partial charge in [0, 0.05) is 4.90 Å². The summed E-state index contributed by atoms with van der Waals surface area (Å²) in [6.45, 7) is 0. The quantitative estimate of drug-likeness (QED) is 0.544. The first-order valence-electron chi connectivity index (χ1n) is 3.96. The Balaban J connectivity index is 3.05. The predicted molar refractivity (Wildman–Crippen MR) is 57.4 cm³/mol. The molecule has 1 aromatic carbocycles. The molecule has 1 aromatic rings. The molecule has 0 bridgehead atoms. The van der Waals surface area contributed by atoms with Crippen LogP contribution < -0.4 is 0 Å². The second kappa shape index (κ2) is 5.11. The fraction of sp³-hybridized carbons (Fsp3) is 0.0909. The van der Waals surface area contributed by atoms with Crippen molar-refractivity contribution in [3.05, 3.63) is 35.4 Å². The smallest absolute Gasteiger partial charge is 0.130 e. The highest BCUT2D eigenvalue weighted by atomic mass is 32.2. The third kappa shape index (κ3) is 2.65. The third-order valence-corrected chi connectivity index (χ3v) is 2.37. The number of hydrogen-bond donors (Lipinski definition) is 0. The molecule has 0 N–H and O–H groups in total. The molecular formula is C11H8N2S. The zero-order valence-electron chi connectivity index (χ0n) is 7.69. The molecule has 0 heterocycles. The molecule has 68 valence electrons. The zero-order chi connectivity index (χ0) is 10.4. The molecule has 0 unspecified atom stereocenters. The molecule has 3 heteroatoms. The van der Waals surface area contributed by atoms with Gasteiger partial charge < -0.3 is 0 Å². The first-order valence-corrected chi connectivity index (χ1v) is 5.18. The van der Waals surface area contributed by atoms with Crippen molar-refractivity contribution in [2.45, 2.75) is 4.90 Å². The summed E-state index contributed by atoms with van der Waals surface area (Å²) in [7, 11) is 0. The van der Waals surface area contributed by atoms with Crippen LogP contribution in [0.2, 0.25) is 0 Å². The molecular weight excluding hydrogens is 192 g/mol. The van der Waals surface area contributed by atoms with Crippen molar-refractivity contribution in [2.24, 2.45) is 0 Å². The van der Waals surface area contributed by atoms with Gasteiger partial charge in [0.1, 0.15) is 17.7 Å². The predicted octanol–water partition coefficient (Wildman–Crippen LogP) is 2.84. The molecule has 0 atom stereocenters. The number of nitrogens with zero attached hydrogens (tertiary/aromatic N) is 2. The molecule has 0 amide bonds. The van der Waals surface area contributed by atoms with Crippen molar-refractivity contribution in [1.82, 2.24) is 0 Å². The first-order chi connectivity index (χ1) is 6.80. The SMILES string of the molecule is CSc1cccc(C=C(C#N)C#N)c1. The number of allylic oxidation sites excluding steroid dienone is 1. The van der Waals surface area contributed by atoms with Gasteiger partial charge in [-0.15, -0.1) is 11.8 Å². The summed E-state index contributed by atoms with van der Waals surface area (Å²) in [5, 5.41) is 17.1. The maximum atomic E-state index is 8.57. The van der Waals surface area contributed by atoms with E-state index in [-0.39, 0.29) is 5.57 Å². The molecule has 0 aliphatic heterocycles. The highest BCUT2D eigenvalue weighted by Gasteiger charge is 1.95. The number of benzene rings is 1. The Kier molecular flexibility index (Phi) is 3.79. The van der Waals surface area contributed by atoms with E-state index in [0.29, 0.717) is 0 Å². The van der Waals surface area contributed by atoms with Gasteiger partial charge in [0.2, 0.25) is 0 Å². The van der Waals surface area contributed by atoms with Gasteiger partial charge in [-0.2, -0.15) is 10.5 Å². The summed E-state index contributed by atoms with van der Waals surface area (Å²) >= 11 is 1.63. The van der Waals surface area contributed by atoms with Crippen LogP contribution in [0.5, 0.6) is 0 Å². The monoisotopic (exact) mass is 200 g/mol. The van der Waals surface area contributed by atoms with Crippen LogP contribution in [0.25, 0.3) is 6.08 Å². The van der Waals surface area contributed by atoms with Crippen LogP contribution in [0.15, 0.2) is 34.7 Å². The highest BCUT2D eigenvalue weighted by Crippen LogP contribution is 2.17. The summed E-state index contributed by atoms with van der Waals surface area (Å²) < 4.78 is 0. The van der Waals surface area contributed by atoms with E-state index >= 15 is 0 Å². The topological polar surface area (TPSA) is 47.6 Å².